The van der Waals surface area contributed by atoms with E-state index < -0.39 is 17.5 Å². The Balaban J connectivity index is 1.81. The molecule has 0 saturated carbocycles. The minimum Gasteiger partial charge on any atom is -0.462 e. The molecule has 7 nitrogen and oxygen atoms in total. The number of nitrogens with zero attached hydrogens (tertiary/aromatic N) is 2. The van der Waals surface area contributed by atoms with Crippen molar-refractivity contribution in [3.05, 3.63) is 0 Å². The van der Waals surface area contributed by atoms with Gasteiger partial charge in [-0.25, -0.2) is 9.59 Å². The van der Waals surface area contributed by atoms with Crippen molar-refractivity contribution >= 4 is 18.0 Å². The zero-order valence-electron chi connectivity index (χ0n) is 13.7. The monoisotopic (exact) mass is 312 g/mol. The van der Waals surface area contributed by atoms with Crippen molar-refractivity contribution in [2.45, 2.75) is 39.2 Å². The molecule has 2 saturated heterocycles. The van der Waals surface area contributed by atoms with E-state index >= 15 is 0 Å². The summed E-state index contributed by atoms with van der Waals surface area (Å²) in [7, 11) is 1.20. The van der Waals surface area contributed by atoms with Crippen molar-refractivity contribution in [3.63, 3.8) is 0 Å². The van der Waals surface area contributed by atoms with E-state index in [4.69, 9.17) is 4.74 Å². The van der Waals surface area contributed by atoms with Crippen LogP contribution in [-0.2, 0) is 19.1 Å². The van der Waals surface area contributed by atoms with Crippen molar-refractivity contribution in [2.24, 2.45) is 5.41 Å². The fourth-order valence-electron chi connectivity index (χ4n) is 2.93. The highest BCUT2D eigenvalue weighted by atomic mass is 16.6. The summed E-state index contributed by atoms with van der Waals surface area (Å²) in [5, 5.41) is 0. The number of rotatable bonds is 0. The molecule has 2 heterocycles. The Bertz CT molecular complexity index is 467. The van der Waals surface area contributed by atoms with Gasteiger partial charge in [-0.2, -0.15) is 0 Å². The standard InChI is InChI=1S/C15H24N2O5/c1-14(2,3)22-13(20)16-7-5-15(6-8-16)9-17(10-15)11(18)12(19)21-4/h5-10H2,1-4H3. The number of carbonyl (C=O) groups excluding carboxylic acids is 3. The van der Waals surface area contributed by atoms with Gasteiger partial charge in [0, 0.05) is 31.6 Å². The number of esters is 1. The zero-order chi connectivity index (χ0) is 16.5. The Morgan fingerprint density at radius 1 is 1.00 bits per heavy atom. The molecule has 2 rings (SSSR count). The maximum atomic E-state index is 12.0. The van der Waals surface area contributed by atoms with Crippen molar-refractivity contribution in [3.8, 4) is 0 Å². The summed E-state index contributed by atoms with van der Waals surface area (Å²) in [4.78, 5) is 38.1. The van der Waals surface area contributed by atoms with E-state index in [2.05, 4.69) is 4.74 Å². The van der Waals surface area contributed by atoms with Gasteiger partial charge >= 0.3 is 18.0 Å². The highest BCUT2D eigenvalue weighted by molar-refractivity contribution is 6.32. The Hall–Kier alpha value is -1.79. The largest absolute Gasteiger partial charge is 0.462 e. The summed E-state index contributed by atoms with van der Waals surface area (Å²) >= 11 is 0. The van der Waals surface area contributed by atoms with Crippen molar-refractivity contribution in [1.82, 2.24) is 9.80 Å². The van der Waals surface area contributed by atoms with Crippen LogP contribution in [0.2, 0.25) is 0 Å². The van der Waals surface area contributed by atoms with Gasteiger partial charge in [0.25, 0.3) is 0 Å². The molecule has 7 heteroatoms. The minimum absolute atomic E-state index is 0.0300. The number of likely N-dealkylation sites (tertiary alicyclic amines) is 2. The first kappa shape index (κ1) is 16.6. The quantitative estimate of drug-likeness (QED) is 0.493. The number of hydrogen-bond donors (Lipinski definition) is 0. The lowest BCUT2D eigenvalue weighted by molar-refractivity contribution is -0.166. The molecular formula is C15H24N2O5. The predicted molar refractivity (Wildman–Crippen MR) is 78.1 cm³/mol. The topological polar surface area (TPSA) is 76.2 Å². The first-order valence-electron chi connectivity index (χ1n) is 7.51. The van der Waals surface area contributed by atoms with Crippen LogP contribution in [0.5, 0.6) is 0 Å². The average Bonchev–Trinajstić information content (AvgIpc) is 2.41. The molecule has 0 bridgehead atoms. The number of piperidine rings is 1. The Morgan fingerprint density at radius 3 is 2.00 bits per heavy atom. The van der Waals surface area contributed by atoms with Crippen LogP contribution < -0.4 is 0 Å². The third-order valence-electron chi connectivity index (χ3n) is 4.18. The molecule has 2 aliphatic rings. The van der Waals surface area contributed by atoms with Crippen LogP contribution in [-0.4, -0.2) is 66.7 Å². The first-order chi connectivity index (χ1) is 10.2. The highest BCUT2D eigenvalue weighted by Crippen LogP contribution is 2.40. The number of hydrogen-bond acceptors (Lipinski definition) is 5. The molecular weight excluding hydrogens is 288 g/mol. The Labute approximate surface area is 130 Å². The van der Waals surface area contributed by atoms with Crippen LogP contribution in [0.25, 0.3) is 0 Å². The second kappa shape index (κ2) is 5.78. The summed E-state index contributed by atoms with van der Waals surface area (Å²) in [5.74, 6) is -1.40. The zero-order valence-corrected chi connectivity index (χ0v) is 13.7. The normalized spacial score (nSPS) is 20.4. The molecule has 0 atom stereocenters. The molecule has 2 aliphatic heterocycles. The lowest BCUT2D eigenvalue weighted by Crippen LogP contribution is -2.63. The number of amides is 2. The van der Waals surface area contributed by atoms with E-state index in [-0.39, 0.29) is 11.5 Å². The van der Waals surface area contributed by atoms with Gasteiger partial charge in [0.1, 0.15) is 5.60 Å². The van der Waals surface area contributed by atoms with Crippen LogP contribution in [0.3, 0.4) is 0 Å². The predicted octanol–water partition coefficient (Wildman–Crippen LogP) is 1.02. The third-order valence-corrected chi connectivity index (χ3v) is 4.18. The molecule has 0 aliphatic carbocycles. The van der Waals surface area contributed by atoms with Crippen LogP contribution >= 0.6 is 0 Å². The lowest BCUT2D eigenvalue weighted by atomic mass is 9.72. The lowest BCUT2D eigenvalue weighted by Gasteiger charge is -2.53. The smallest absolute Gasteiger partial charge is 0.410 e. The second-order valence-electron chi connectivity index (χ2n) is 7.12. The van der Waals surface area contributed by atoms with Gasteiger partial charge in [-0.15, -0.1) is 0 Å². The minimum atomic E-state index is -0.818. The second-order valence-corrected chi connectivity index (χ2v) is 7.12. The molecule has 0 aromatic carbocycles. The van der Waals surface area contributed by atoms with Crippen molar-refractivity contribution in [1.29, 1.82) is 0 Å². The summed E-state index contributed by atoms with van der Waals surface area (Å²) < 4.78 is 9.80. The molecule has 22 heavy (non-hydrogen) atoms. The molecule has 2 amide bonds. The highest BCUT2D eigenvalue weighted by Gasteiger charge is 2.48. The van der Waals surface area contributed by atoms with E-state index in [0.717, 1.165) is 12.8 Å². The number of methoxy groups -OCH3 is 1. The van der Waals surface area contributed by atoms with Crippen molar-refractivity contribution in [2.75, 3.05) is 33.3 Å². The molecule has 0 aromatic rings. The van der Waals surface area contributed by atoms with Gasteiger partial charge in [-0.05, 0) is 33.6 Å². The Morgan fingerprint density at radius 2 is 1.55 bits per heavy atom. The van der Waals surface area contributed by atoms with Crippen LogP contribution in [0.15, 0.2) is 0 Å². The summed E-state index contributed by atoms with van der Waals surface area (Å²) in [6.45, 7) is 7.90. The van der Waals surface area contributed by atoms with Gasteiger partial charge in [0.05, 0.1) is 7.11 Å². The Kier molecular flexibility index (Phi) is 4.35. The molecule has 0 N–H and O–H groups in total. The van der Waals surface area contributed by atoms with Crippen LogP contribution in [0.1, 0.15) is 33.6 Å². The molecule has 0 aromatic heterocycles. The fraction of sp³-hybridized carbons (Fsp3) is 0.800. The van der Waals surface area contributed by atoms with Gasteiger partial charge in [0.15, 0.2) is 0 Å². The molecule has 124 valence electrons. The third kappa shape index (κ3) is 3.51. The number of carbonyl (C=O) groups is 3. The van der Waals surface area contributed by atoms with E-state index in [1.807, 2.05) is 20.8 Å². The van der Waals surface area contributed by atoms with Crippen molar-refractivity contribution < 1.29 is 23.9 Å². The summed E-state index contributed by atoms with van der Waals surface area (Å²) in [6, 6.07) is 0. The van der Waals surface area contributed by atoms with Gasteiger partial charge < -0.3 is 19.3 Å². The fourth-order valence-corrected chi connectivity index (χ4v) is 2.93. The maximum Gasteiger partial charge on any atom is 0.410 e. The SMILES string of the molecule is COC(=O)C(=O)N1CC2(CCN(C(=O)OC(C)(C)C)CC2)C1. The summed E-state index contributed by atoms with van der Waals surface area (Å²) in [5.41, 5.74) is -0.464. The van der Waals surface area contributed by atoms with E-state index in [9.17, 15) is 14.4 Å². The van der Waals surface area contributed by atoms with Gasteiger partial charge in [-0.1, -0.05) is 0 Å². The number of ether oxygens (including phenoxy) is 2. The van der Waals surface area contributed by atoms with E-state index in [0.29, 0.717) is 26.2 Å². The average molecular weight is 312 g/mol. The first-order valence-corrected chi connectivity index (χ1v) is 7.51. The van der Waals surface area contributed by atoms with Crippen LogP contribution in [0, 0.1) is 5.41 Å². The maximum absolute atomic E-state index is 12.0. The van der Waals surface area contributed by atoms with E-state index in [1.54, 1.807) is 4.90 Å². The molecule has 0 unspecified atom stereocenters. The van der Waals surface area contributed by atoms with Gasteiger partial charge in [-0.3, -0.25) is 4.79 Å². The van der Waals surface area contributed by atoms with Crippen LogP contribution in [0.4, 0.5) is 4.79 Å². The molecule has 2 fully saturated rings. The van der Waals surface area contributed by atoms with E-state index in [1.165, 1.54) is 12.0 Å². The molecule has 1 spiro atoms. The van der Waals surface area contributed by atoms with Gasteiger partial charge in [0.2, 0.25) is 0 Å². The summed E-state index contributed by atoms with van der Waals surface area (Å²) in [6.07, 6.45) is 1.35. The molecule has 0 radical (unpaired) electrons.